The van der Waals surface area contributed by atoms with Gasteiger partial charge in [-0.1, -0.05) is 18.2 Å². The van der Waals surface area contributed by atoms with Crippen LogP contribution in [0.25, 0.3) is 0 Å². The SMILES string of the molecule is COCCNC(=O)COC(=O)[C@H](CCSC)NC(=O)c1ccccc1. The lowest BCUT2D eigenvalue weighted by atomic mass is 10.1. The fourth-order valence-corrected chi connectivity index (χ4v) is 2.37. The van der Waals surface area contributed by atoms with Crippen LogP contribution in [0, 0.1) is 0 Å². The molecule has 25 heavy (non-hydrogen) atoms. The molecule has 1 atom stereocenters. The number of rotatable bonds is 11. The average molecular weight is 368 g/mol. The molecule has 0 radical (unpaired) electrons. The molecule has 7 nitrogen and oxygen atoms in total. The smallest absolute Gasteiger partial charge is 0.329 e. The van der Waals surface area contributed by atoms with Crippen LogP contribution in [0.2, 0.25) is 0 Å². The van der Waals surface area contributed by atoms with Crippen molar-refractivity contribution in [1.82, 2.24) is 10.6 Å². The van der Waals surface area contributed by atoms with E-state index >= 15 is 0 Å². The van der Waals surface area contributed by atoms with Gasteiger partial charge >= 0.3 is 5.97 Å². The number of benzene rings is 1. The van der Waals surface area contributed by atoms with Crippen molar-refractivity contribution < 1.29 is 23.9 Å². The highest BCUT2D eigenvalue weighted by Crippen LogP contribution is 2.05. The number of methoxy groups -OCH3 is 1. The van der Waals surface area contributed by atoms with Crippen LogP contribution >= 0.6 is 11.8 Å². The van der Waals surface area contributed by atoms with Crippen LogP contribution in [-0.4, -0.2) is 62.7 Å². The number of esters is 1. The normalized spacial score (nSPS) is 11.4. The molecule has 0 unspecified atom stereocenters. The summed E-state index contributed by atoms with van der Waals surface area (Å²) in [4.78, 5) is 36.0. The van der Waals surface area contributed by atoms with Crippen molar-refractivity contribution in [1.29, 1.82) is 0 Å². The summed E-state index contributed by atoms with van der Waals surface area (Å²) >= 11 is 1.56. The van der Waals surface area contributed by atoms with Gasteiger partial charge < -0.3 is 20.1 Å². The van der Waals surface area contributed by atoms with Gasteiger partial charge in [-0.2, -0.15) is 11.8 Å². The second kappa shape index (κ2) is 12.3. The topological polar surface area (TPSA) is 93.7 Å². The van der Waals surface area contributed by atoms with Gasteiger partial charge in [-0.25, -0.2) is 4.79 Å². The van der Waals surface area contributed by atoms with E-state index in [9.17, 15) is 14.4 Å². The summed E-state index contributed by atoms with van der Waals surface area (Å²) < 4.78 is 9.83. The zero-order chi connectivity index (χ0) is 18.5. The first-order valence-electron chi connectivity index (χ1n) is 7.85. The number of thioether (sulfide) groups is 1. The van der Waals surface area contributed by atoms with Crippen molar-refractivity contribution in [3.63, 3.8) is 0 Å². The number of carbonyl (C=O) groups is 3. The highest BCUT2D eigenvalue weighted by Gasteiger charge is 2.23. The van der Waals surface area contributed by atoms with Crippen LogP contribution in [0.15, 0.2) is 30.3 Å². The number of hydrogen-bond donors (Lipinski definition) is 2. The van der Waals surface area contributed by atoms with Gasteiger partial charge in [0.1, 0.15) is 6.04 Å². The van der Waals surface area contributed by atoms with Gasteiger partial charge in [-0.15, -0.1) is 0 Å². The van der Waals surface area contributed by atoms with E-state index in [1.807, 2.05) is 6.26 Å². The molecule has 0 bridgehead atoms. The molecule has 8 heteroatoms. The largest absolute Gasteiger partial charge is 0.454 e. The Hall–Kier alpha value is -2.06. The third-order valence-electron chi connectivity index (χ3n) is 3.21. The summed E-state index contributed by atoms with van der Waals surface area (Å²) in [5.41, 5.74) is 0.460. The highest BCUT2D eigenvalue weighted by molar-refractivity contribution is 7.98. The minimum absolute atomic E-state index is 0.341. The molecular weight excluding hydrogens is 344 g/mol. The second-order valence-corrected chi connectivity index (χ2v) is 6.11. The van der Waals surface area contributed by atoms with Crippen LogP contribution in [0.3, 0.4) is 0 Å². The molecule has 0 aromatic heterocycles. The first kappa shape index (κ1) is 21.0. The van der Waals surface area contributed by atoms with Gasteiger partial charge in [-0.05, 0) is 30.6 Å². The molecule has 0 aliphatic rings. The lowest BCUT2D eigenvalue weighted by Gasteiger charge is -2.17. The van der Waals surface area contributed by atoms with Crippen molar-refractivity contribution >= 4 is 29.5 Å². The maximum Gasteiger partial charge on any atom is 0.329 e. The Morgan fingerprint density at radius 2 is 1.92 bits per heavy atom. The van der Waals surface area contributed by atoms with E-state index in [1.54, 1.807) is 42.1 Å². The molecule has 0 saturated carbocycles. The Bertz CT molecular complexity index is 553. The van der Waals surface area contributed by atoms with Gasteiger partial charge in [0.05, 0.1) is 6.61 Å². The molecule has 1 aromatic rings. The molecule has 2 N–H and O–H groups in total. The van der Waals surface area contributed by atoms with Crippen LogP contribution in [0.1, 0.15) is 16.8 Å². The van der Waals surface area contributed by atoms with Gasteiger partial charge in [0.15, 0.2) is 6.61 Å². The van der Waals surface area contributed by atoms with Gasteiger partial charge in [0.2, 0.25) is 0 Å². The van der Waals surface area contributed by atoms with Crippen LogP contribution < -0.4 is 10.6 Å². The zero-order valence-electron chi connectivity index (χ0n) is 14.4. The van der Waals surface area contributed by atoms with Crippen molar-refractivity contribution in [2.24, 2.45) is 0 Å². The predicted molar refractivity (Wildman–Crippen MR) is 96.5 cm³/mol. The van der Waals surface area contributed by atoms with Crippen LogP contribution in [-0.2, 0) is 19.1 Å². The molecule has 0 heterocycles. The first-order chi connectivity index (χ1) is 12.1. The maximum absolute atomic E-state index is 12.2. The number of ether oxygens (including phenoxy) is 2. The Balaban J connectivity index is 2.54. The Labute approximate surface area is 151 Å². The fourth-order valence-electron chi connectivity index (χ4n) is 1.90. The predicted octanol–water partition coefficient (Wildman–Crippen LogP) is 0.844. The van der Waals surface area contributed by atoms with Crippen molar-refractivity contribution in [2.45, 2.75) is 12.5 Å². The molecule has 0 aliphatic carbocycles. The van der Waals surface area contributed by atoms with Crippen molar-refractivity contribution in [3.05, 3.63) is 35.9 Å². The zero-order valence-corrected chi connectivity index (χ0v) is 15.3. The molecular formula is C17H24N2O5S. The fraction of sp³-hybridized carbons (Fsp3) is 0.471. The third-order valence-corrected chi connectivity index (χ3v) is 3.85. The van der Waals surface area contributed by atoms with E-state index in [1.165, 1.54) is 7.11 Å². The van der Waals surface area contributed by atoms with E-state index in [0.717, 1.165) is 0 Å². The van der Waals surface area contributed by atoms with Crippen LogP contribution in [0.5, 0.6) is 0 Å². The summed E-state index contributed by atoms with van der Waals surface area (Å²) in [6.07, 6.45) is 2.33. The lowest BCUT2D eigenvalue weighted by Crippen LogP contribution is -2.43. The van der Waals surface area contributed by atoms with Crippen molar-refractivity contribution in [3.8, 4) is 0 Å². The summed E-state index contributed by atoms with van der Waals surface area (Å²) in [5, 5.41) is 5.22. The first-order valence-corrected chi connectivity index (χ1v) is 9.25. The average Bonchev–Trinajstić information content (AvgIpc) is 2.63. The second-order valence-electron chi connectivity index (χ2n) is 5.12. The van der Waals surface area contributed by atoms with E-state index in [4.69, 9.17) is 9.47 Å². The third kappa shape index (κ3) is 8.55. The van der Waals surface area contributed by atoms with E-state index in [2.05, 4.69) is 10.6 Å². The van der Waals surface area contributed by atoms with Crippen LogP contribution in [0.4, 0.5) is 0 Å². The Morgan fingerprint density at radius 3 is 2.56 bits per heavy atom. The van der Waals surface area contributed by atoms with E-state index in [0.29, 0.717) is 30.9 Å². The van der Waals surface area contributed by atoms with Crippen molar-refractivity contribution in [2.75, 3.05) is 38.9 Å². The monoisotopic (exact) mass is 368 g/mol. The summed E-state index contributed by atoms with van der Waals surface area (Å²) in [6.45, 7) is 0.330. The molecule has 138 valence electrons. The number of carbonyl (C=O) groups excluding carboxylic acids is 3. The summed E-state index contributed by atoms with van der Waals surface area (Å²) in [5.74, 6) is -0.716. The summed E-state index contributed by atoms with van der Waals surface area (Å²) in [7, 11) is 1.53. The Kier molecular flexibility index (Phi) is 10.3. The number of amides is 2. The minimum atomic E-state index is -0.799. The van der Waals surface area contributed by atoms with Gasteiger partial charge in [0.25, 0.3) is 11.8 Å². The van der Waals surface area contributed by atoms with E-state index in [-0.39, 0.29) is 12.5 Å². The maximum atomic E-state index is 12.2. The molecule has 0 aliphatic heterocycles. The van der Waals surface area contributed by atoms with Gasteiger partial charge in [-0.3, -0.25) is 9.59 Å². The number of nitrogens with one attached hydrogen (secondary N) is 2. The molecule has 1 aromatic carbocycles. The number of hydrogen-bond acceptors (Lipinski definition) is 6. The Morgan fingerprint density at radius 1 is 1.20 bits per heavy atom. The van der Waals surface area contributed by atoms with E-state index < -0.39 is 17.9 Å². The highest BCUT2D eigenvalue weighted by atomic mass is 32.2. The molecule has 2 amide bonds. The standard InChI is InChI=1S/C17H24N2O5S/c1-23-10-9-18-15(20)12-24-17(22)14(8-11-25-2)19-16(21)13-6-4-3-5-7-13/h3-7,14H,8-12H2,1-2H3,(H,18,20)(H,19,21)/t14-/m0/s1. The molecule has 0 saturated heterocycles. The molecule has 0 fully saturated rings. The molecule has 1 rings (SSSR count). The molecule has 0 spiro atoms. The summed E-state index contributed by atoms with van der Waals surface area (Å²) in [6, 6.07) is 7.82. The lowest BCUT2D eigenvalue weighted by molar-refractivity contribution is -0.150. The van der Waals surface area contributed by atoms with Gasteiger partial charge in [0, 0.05) is 19.2 Å². The minimum Gasteiger partial charge on any atom is -0.454 e. The quantitative estimate of drug-likeness (QED) is 0.444.